The van der Waals surface area contributed by atoms with Gasteiger partial charge in [0.05, 0.1) is 18.3 Å². The van der Waals surface area contributed by atoms with Gasteiger partial charge in [-0.05, 0) is 6.42 Å². The molecule has 0 saturated carbocycles. The minimum atomic E-state index is -2.81. The van der Waals surface area contributed by atoms with Crippen molar-refractivity contribution in [3.05, 3.63) is 12.7 Å². The fourth-order valence-electron chi connectivity index (χ4n) is 5.79. The van der Waals surface area contributed by atoms with E-state index in [1.54, 1.807) is 13.8 Å². The van der Waals surface area contributed by atoms with Crippen LogP contribution >= 0.6 is 0 Å². The minimum Gasteiger partial charge on any atom is -0.457 e. The van der Waals surface area contributed by atoms with Gasteiger partial charge in [0.15, 0.2) is 0 Å². The monoisotopic (exact) mass is 558 g/mol. The van der Waals surface area contributed by atoms with Gasteiger partial charge in [0, 0.05) is 48.5 Å². The van der Waals surface area contributed by atoms with Gasteiger partial charge in [-0.3, -0.25) is 4.79 Å². The first kappa shape index (κ1) is 34.9. The molecule has 0 unspecified atom stereocenters. The highest BCUT2D eigenvalue weighted by molar-refractivity contribution is 6.73. The van der Waals surface area contributed by atoms with E-state index in [1.807, 2.05) is 0 Å². The Morgan fingerprint density at radius 1 is 1.05 bits per heavy atom. The van der Waals surface area contributed by atoms with Crippen LogP contribution in [0.4, 0.5) is 0 Å². The SMILES string of the molecule is C=C[C@H](OC)[C@H](OC(=O)COC)[C@@H](C)[C@@H](O)[C@H](C)C(=O)C[C@H]1O[Si](C(C)(C)C)(C(C)(C)C)O[C@H](CC)[C@H]1C. The first-order chi connectivity index (χ1) is 17.4. The zero-order valence-corrected chi connectivity index (χ0v) is 26.8. The average Bonchev–Trinajstić information content (AvgIpc) is 2.82. The molecule has 222 valence electrons. The van der Waals surface area contributed by atoms with E-state index in [9.17, 15) is 14.7 Å². The topological polar surface area (TPSA) is 101 Å². The van der Waals surface area contributed by atoms with Gasteiger partial charge in [0.1, 0.15) is 24.6 Å². The normalized spacial score (nSPS) is 26.1. The molecule has 8 atom stereocenters. The van der Waals surface area contributed by atoms with Crippen molar-refractivity contribution >= 4 is 20.3 Å². The van der Waals surface area contributed by atoms with Gasteiger partial charge in [-0.2, -0.15) is 0 Å². The number of ketones is 1. The quantitative estimate of drug-likeness (QED) is 0.187. The van der Waals surface area contributed by atoms with E-state index in [2.05, 4.69) is 62.0 Å². The lowest BCUT2D eigenvalue weighted by Crippen LogP contribution is -2.66. The number of Topliss-reactive ketones (excluding diaryl/α,β-unsaturated/α-hetero) is 1. The van der Waals surface area contributed by atoms with E-state index in [4.69, 9.17) is 23.1 Å². The van der Waals surface area contributed by atoms with Crippen LogP contribution in [0, 0.1) is 17.8 Å². The number of ether oxygens (including phenoxy) is 3. The fourth-order valence-corrected chi connectivity index (χ4v) is 11.0. The van der Waals surface area contributed by atoms with Gasteiger partial charge in [0.2, 0.25) is 0 Å². The summed E-state index contributed by atoms with van der Waals surface area (Å²) in [6.07, 6.45) is -0.365. The third kappa shape index (κ3) is 7.76. The Bertz CT molecular complexity index is 772. The summed E-state index contributed by atoms with van der Waals surface area (Å²) in [6, 6.07) is 0. The van der Waals surface area contributed by atoms with Crippen LogP contribution in [0.15, 0.2) is 12.7 Å². The van der Waals surface area contributed by atoms with Gasteiger partial charge < -0.3 is 28.2 Å². The molecule has 0 aromatic carbocycles. The Morgan fingerprint density at radius 3 is 2.00 bits per heavy atom. The number of aliphatic hydroxyl groups is 1. The van der Waals surface area contributed by atoms with E-state index in [0.717, 1.165) is 6.42 Å². The number of methoxy groups -OCH3 is 2. The third-order valence-electron chi connectivity index (χ3n) is 8.02. The van der Waals surface area contributed by atoms with Crippen LogP contribution in [0.1, 0.15) is 82.1 Å². The van der Waals surface area contributed by atoms with Crippen LogP contribution in [0.25, 0.3) is 0 Å². The van der Waals surface area contributed by atoms with Gasteiger partial charge in [-0.25, -0.2) is 4.79 Å². The summed E-state index contributed by atoms with van der Waals surface area (Å²) in [5, 5.41) is 10.9. The van der Waals surface area contributed by atoms with Gasteiger partial charge in [-0.1, -0.05) is 75.3 Å². The van der Waals surface area contributed by atoms with Crippen LogP contribution in [-0.4, -0.2) is 76.8 Å². The highest BCUT2D eigenvalue weighted by atomic mass is 28.4. The molecule has 0 bridgehead atoms. The maximum absolute atomic E-state index is 13.6. The van der Waals surface area contributed by atoms with Crippen LogP contribution < -0.4 is 0 Å². The number of carbonyl (C=O) groups excluding carboxylic acids is 2. The predicted octanol–water partition coefficient (Wildman–Crippen LogP) is 5.21. The Kier molecular flexibility index (Phi) is 12.9. The Morgan fingerprint density at radius 2 is 1.58 bits per heavy atom. The Labute approximate surface area is 232 Å². The van der Waals surface area contributed by atoms with Crippen molar-refractivity contribution in [1.82, 2.24) is 0 Å². The summed E-state index contributed by atoms with van der Waals surface area (Å²) in [5.41, 5.74) is 0. The maximum Gasteiger partial charge on any atom is 0.349 e. The number of hydrogen-bond acceptors (Lipinski definition) is 8. The van der Waals surface area contributed by atoms with E-state index in [0.29, 0.717) is 0 Å². The molecule has 0 radical (unpaired) electrons. The van der Waals surface area contributed by atoms with Crippen LogP contribution in [0.2, 0.25) is 10.1 Å². The standard InChI is InChI=1S/C29H54O8Si/c1-14-22-19(4)24(37-38(36-22,28(6,7)8)29(9,10)11)16-21(30)18(3)26(32)20(5)27(23(15-2)34-13)35-25(31)17-33-12/h15,18-20,22-24,26-27,32H,2,14,16-17H2,1,3-13H3/t18-,19-,20+,22-,23+,24-,26+,27-/m1/s1. The van der Waals surface area contributed by atoms with E-state index in [-0.39, 0.29) is 47.0 Å². The van der Waals surface area contributed by atoms with Gasteiger partial charge in [0.25, 0.3) is 0 Å². The number of aliphatic hydroxyl groups excluding tert-OH is 1. The summed E-state index contributed by atoms with van der Waals surface area (Å²) in [4.78, 5) is 25.8. The van der Waals surface area contributed by atoms with Gasteiger partial charge in [-0.15, -0.1) is 6.58 Å². The second-order valence-corrected chi connectivity index (χ2v) is 17.5. The van der Waals surface area contributed by atoms with Crippen molar-refractivity contribution in [1.29, 1.82) is 0 Å². The van der Waals surface area contributed by atoms with Crippen molar-refractivity contribution in [3.63, 3.8) is 0 Å². The van der Waals surface area contributed by atoms with Crippen molar-refractivity contribution in [2.45, 2.75) is 123 Å². The predicted molar refractivity (Wildman–Crippen MR) is 151 cm³/mol. The summed E-state index contributed by atoms with van der Waals surface area (Å²) in [7, 11) is 0.0706. The average molecular weight is 559 g/mol. The van der Waals surface area contributed by atoms with Crippen molar-refractivity contribution in [2.75, 3.05) is 20.8 Å². The molecule has 9 heteroatoms. The van der Waals surface area contributed by atoms with Crippen LogP contribution in [0.3, 0.4) is 0 Å². The lowest BCUT2D eigenvalue weighted by atomic mass is 9.82. The third-order valence-corrected chi connectivity index (χ3v) is 13.2. The second-order valence-electron chi connectivity index (χ2n) is 12.8. The molecular weight excluding hydrogens is 504 g/mol. The number of hydrogen-bond donors (Lipinski definition) is 1. The molecule has 1 heterocycles. The molecule has 1 fully saturated rings. The summed E-state index contributed by atoms with van der Waals surface area (Å²) < 4.78 is 29.6. The number of esters is 1. The second kappa shape index (κ2) is 14.0. The zero-order valence-electron chi connectivity index (χ0n) is 25.8. The molecule has 1 rings (SSSR count). The molecule has 1 aliphatic heterocycles. The summed E-state index contributed by atoms with van der Waals surface area (Å²) in [5.74, 6) is -1.97. The molecule has 1 saturated heterocycles. The van der Waals surface area contributed by atoms with E-state index < -0.39 is 44.7 Å². The summed E-state index contributed by atoms with van der Waals surface area (Å²) >= 11 is 0. The lowest BCUT2D eigenvalue weighted by Gasteiger charge is -2.57. The molecule has 0 spiro atoms. The van der Waals surface area contributed by atoms with Crippen molar-refractivity contribution < 1.29 is 37.8 Å². The molecule has 1 N–H and O–H groups in total. The molecular formula is C29H54O8Si. The number of rotatable bonds is 13. The fraction of sp³-hybridized carbons (Fsp3) is 0.862. The highest BCUT2D eigenvalue weighted by Gasteiger charge is 2.63. The minimum absolute atomic E-state index is 0.00884. The summed E-state index contributed by atoms with van der Waals surface area (Å²) in [6.45, 7) is 24.2. The van der Waals surface area contributed by atoms with Crippen LogP contribution in [0.5, 0.6) is 0 Å². The maximum atomic E-state index is 13.6. The molecule has 0 aromatic rings. The molecule has 1 aliphatic rings. The number of carbonyl (C=O) groups is 2. The molecule has 0 amide bonds. The highest BCUT2D eigenvalue weighted by Crippen LogP contribution is 2.56. The largest absolute Gasteiger partial charge is 0.457 e. The zero-order chi connectivity index (χ0) is 29.6. The lowest BCUT2D eigenvalue weighted by molar-refractivity contribution is -0.167. The first-order valence-electron chi connectivity index (χ1n) is 13.8. The van der Waals surface area contributed by atoms with Gasteiger partial charge >= 0.3 is 14.5 Å². The van der Waals surface area contributed by atoms with Crippen LogP contribution in [-0.2, 0) is 32.7 Å². The molecule has 8 nitrogen and oxygen atoms in total. The Balaban J connectivity index is 3.21. The van der Waals surface area contributed by atoms with E-state index in [1.165, 1.54) is 20.3 Å². The van der Waals surface area contributed by atoms with Crippen molar-refractivity contribution in [3.8, 4) is 0 Å². The van der Waals surface area contributed by atoms with Crippen molar-refractivity contribution in [2.24, 2.45) is 17.8 Å². The Hall–Kier alpha value is -1.10. The van der Waals surface area contributed by atoms with E-state index >= 15 is 0 Å². The molecule has 38 heavy (non-hydrogen) atoms. The first-order valence-corrected chi connectivity index (χ1v) is 15.6. The smallest absolute Gasteiger partial charge is 0.349 e. The molecule has 0 aliphatic carbocycles. The molecule has 0 aromatic heterocycles.